The molecule has 0 aromatic heterocycles. The van der Waals surface area contributed by atoms with Crippen molar-refractivity contribution in [2.75, 3.05) is 20.3 Å². The molecule has 138 valence electrons. The van der Waals surface area contributed by atoms with E-state index in [0.717, 1.165) is 16.9 Å². The number of nitrogens with zero attached hydrogens (tertiary/aromatic N) is 2. The monoisotopic (exact) mass is 364 g/mol. The van der Waals surface area contributed by atoms with Crippen LogP contribution in [-0.4, -0.2) is 42.9 Å². The summed E-state index contributed by atoms with van der Waals surface area (Å²) in [5.41, 5.74) is 1.84. The zero-order chi connectivity index (χ0) is 19.2. The molecule has 2 aromatic carbocycles. The zero-order valence-electron chi connectivity index (χ0n) is 15.2. The normalized spacial score (nSPS) is 15.0. The Morgan fingerprint density at radius 2 is 1.81 bits per heavy atom. The van der Waals surface area contributed by atoms with Crippen molar-refractivity contribution >= 4 is 23.8 Å². The molecule has 3 rings (SSSR count). The van der Waals surface area contributed by atoms with Gasteiger partial charge in [0.15, 0.2) is 0 Å². The highest BCUT2D eigenvalue weighted by molar-refractivity contribution is 6.20. The number of ether oxygens (including phenoxy) is 2. The number of aliphatic imine (C=N–C) groups is 1. The van der Waals surface area contributed by atoms with Gasteiger partial charge in [-0.3, -0.25) is 14.5 Å². The Morgan fingerprint density at radius 1 is 1.11 bits per heavy atom. The highest BCUT2D eigenvalue weighted by atomic mass is 16.5. The van der Waals surface area contributed by atoms with Crippen molar-refractivity contribution in [3.63, 3.8) is 0 Å². The fourth-order valence-electron chi connectivity index (χ4n) is 2.70. The van der Waals surface area contributed by atoms with Gasteiger partial charge in [-0.25, -0.2) is 4.99 Å². The van der Waals surface area contributed by atoms with Crippen LogP contribution in [0.5, 0.6) is 5.75 Å². The average molecular weight is 364 g/mol. The molecule has 0 N–H and O–H groups in total. The van der Waals surface area contributed by atoms with Crippen LogP contribution >= 0.6 is 0 Å². The molecule has 2 aromatic rings. The topological polar surface area (TPSA) is 68.2 Å². The van der Waals surface area contributed by atoms with Crippen molar-refractivity contribution in [2.24, 2.45) is 4.99 Å². The lowest BCUT2D eigenvalue weighted by Gasteiger charge is -2.17. The van der Waals surface area contributed by atoms with Gasteiger partial charge in [0, 0.05) is 5.56 Å². The summed E-state index contributed by atoms with van der Waals surface area (Å²) in [7, 11) is 1.59. The van der Waals surface area contributed by atoms with Crippen LogP contribution in [0, 0.1) is 0 Å². The summed E-state index contributed by atoms with van der Waals surface area (Å²) < 4.78 is 10.1. The maximum absolute atomic E-state index is 12.9. The van der Waals surface area contributed by atoms with Crippen LogP contribution in [-0.2, 0) is 14.3 Å². The predicted molar refractivity (Wildman–Crippen MR) is 102 cm³/mol. The van der Waals surface area contributed by atoms with Crippen molar-refractivity contribution < 1.29 is 19.1 Å². The molecule has 6 nitrogen and oxygen atoms in total. The van der Waals surface area contributed by atoms with Crippen LogP contribution in [0.3, 0.4) is 0 Å². The number of benzene rings is 2. The summed E-state index contributed by atoms with van der Waals surface area (Å²) in [6.45, 7) is 1.80. The summed E-state index contributed by atoms with van der Waals surface area (Å²) in [5, 5.41) is 0. The van der Waals surface area contributed by atoms with E-state index in [2.05, 4.69) is 4.99 Å². The number of amidine groups is 1. The van der Waals surface area contributed by atoms with E-state index in [1.54, 1.807) is 20.1 Å². The number of carbonyl (C=O) groups is 2. The number of amides is 1. The Morgan fingerprint density at radius 3 is 2.44 bits per heavy atom. The van der Waals surface area contributed by atoms with E-state index in [1.165, 1.54) is 4.90 Å². The molecule has 1 aliphatic rings. The van der Waals surface area contributed by atoms with E-state index in [0.29, 0.717) is 5.84 Å². The summed E-state index contributed by atoms with van der Waals surface area (Å²) in [6.07, 6.45) is 1.69. The van der Waals surface area contributed by atoms with Crippen molar-refractivity contribution in [3.8, 4) is 5.75 Å². The van der Waals surface area contributed by atoms with Gasteiger partial charge in [0.2, 0.25) is 0 Å². The first-order chi connectivity index (χ1) is 13.1. The third-order valence-corrected chi connectivity index (χ3v) is 3.99. The molecule has 0 fully saturated rings. The highest BCUT2D eigenvalue weighted by Gasteiger charge is 2.32. The fourth-order valence-corrected chi connectivity index (χ4v) is 2.70. The number of carbonyl (C=O) groups excluding carboxylic acids is 2. The third-order valence-electron chi connectivity index (χ3n) is 3.99. The summed E-state index contributed by atoms with van der Waals surface area (Å²) >= 11 is 0. The number of hydrogen-bond acceptors (Lipinski definition) is 5. The number of rotatable bonds is 6. The van der Waals surface area contributed by atoms with E-state index in [4.69, 9.17) is 9.47 Å². The molecule has 27 heavy (non-hydrogen) atoms. The molecular weight excluding hydrogens is 344 g/mol. The lowest BCUT2D eigenvalue weighted by atomic mass is 10.2. The molecule has 0 aliphatic carbocycles. The quantitative estimate of drug-likeness (QED) is 0.584. The van der Waals surface area contributed by atoms with Gasteiger partial charge in [0.1, 0.15) is 23.8 Å². The Hall–Kier alpha value is -3.41. The smallest absolute Gasteiger partial charge is 0.326 e. The molecule has 0 radical (unpaired) electrons. The molecule has 1 heterocycles. The van der Waals surface area contributed by atoms with Gasteiger partial charge in [0.05, 0.1) is 13.7 Å². The van der Waals surface area contributed by atoms with Gasteiger partial charge in [-0.05, 0) is 30.7 Å². The molecule has 1 amide bonds. The molecule has 0 atom stereocenters. The van der Waals surface area contributed by atoms with E-state index in [1.807, 2.05) is 54.6 Å². The molecule has 0 spiro atoms. The molecule has 0 unspecified atom stereocenters. The molecule has 1 aliphatic heterocycles. The lowest BCUT2D eigenvalue weighted by Crippen LogP contribution is -2.37. The Bertz CT molecular complexity index is 886. The number of hydrogen-bond donors (Lipinski definition) is 0. The van der Waals surface area contributed by atoms with E-state index < -0.39 is 5.97 Å². The van der Waals surface area contributed by atoms with E-state index in [9.17, 15) is 9.59 Å². The molecule has 0 saturated carbocycles. The number of esters is 1. The minimum absolute atomic E-state index is 0.180. The second kappa shape index (κ2) is 8.31. The lowest BCUT2D eigenvalue weighted by molar-refractivity contribution is -0.145. The van der Waals surface area contributed by atoms with Gasteiger partial charge < -0.3 is 9.47 Å². The molecule has 0 saturated heterocycles. The highest BCUT2D eigenvalue weighted by Crippen LogP contribution is 2.23. The van der Waals surface area contributed by atoms with Gasteiger partial charge in [0.25, 0.3) is 5.91 Å². The van der Waals surface area contributed by atoms with Gasteiger partial charge in [-0.2, -0.15) is 0 Å². The standard InChI is InChI=1S/C21H20N2O4/c1-3-27-19(24)14-23-20(16-7-5-4-6-8-16)22-18(21(23)25)13-15-9-11-17(26-2)12-10-15/h4-13H,3,14H2,1-2H3. The first-order valence-corrected chi connectivity index (χ1v) is 8.59. The maximum atomic E-state index is 12.9. The molecule has 6 heteroatoms. The van der Waals surface area contributed by atoms with Crippen molar-refractivity contribution in [3.05, 3.63) is 71.4 Å². The molecule has 0 bridgehead atoms. The van der Waals surface area contributed by atoms with E-state index in [-0.39, 0.29) is 24.8 Å². The fraction of sp³-hybridized carbons (Fsp3) is 0.190. The van der Waals surface area contributed by atoms with Gasteiger partial charge in [-0.15, -0.1) is 0 Å². The largest absolute Gasteiger partial charge is 0.497 e. The summed E-state index contributed by atoms with van der Waals surface area (Å²) in [6, 6.07) is 16.6. The first-order valence-electron chi connectivity index (χ1n) is 8.59. The predicted octanol–water partition coefficient (Wildman–Crippen LogP) is 2.89. The average Bonchev–Trinajstić information content (AvgIpc) is 2.99. The first kappa shape index (κ1) is 18.4. The second-order valence-corrected chi connectivity index (χ2v) is 5.80. The number of methoxy groups -OCH3 is 1. The van der Waals surface area contributed by atoms with Crippen LogP contribution in [0.1, 0.15) is 18.1 Å². The van der Waals surface area contributed by atoms with Crippen molar-refractivity contribution in [2.45, 2.75) is 6.92 Å². The summed E-state index contributed by atoms with van der Waals surface area (Å²) in [4.78, 5) is 30.7. The van der Waals surface area contributed by atoms with Crippen LogP contribution in [0.15, 0.2) is 65.3 Å². The van der Waals surface area contributed by atoms with Crippen LogP contribution < -0.4 is 4.74 Å². The minimum Gasteiger partial charge on any atom is -0.497 e. The Kier molecular flexibility index (Phi) is 5.66. The van der Waals surface area contributed by atoms with Gasteiger partial charge >= 0.3 is 5.97 Å². The molecular formula is C21H20N2O4. The Labute approximate surface area is 157 Å². The zero-order valence-corrected chi connectivity index (χ0v) is 15.2. The SMILES string of the molecule is CCOC(=O)CN1C(=O)C(=Cc2ccc(OC)cc2)N=C1c1ccccc1. The second-order valence-electron chi connectivity index (χ2n) is 5.80. The minimum atomic E-state index is -0.472. The third kappa shape index (κ3) is 4.23. The van der Waals surface area contributed by atoms with Crippen molar-refractivity contribution in [1.82, 2.24) is 4.90 Å². The van der Waals surface area contributed by atoms with E-state index >= 15 is 0 Å². The van der Waals surface area contributed by atoms with Crippen LogP contribution in [0.2, 0.25) is 0 Å². The maximum Gasteiger partial charge on any atom is 0.326 e. The Balaban J connectivity index is 1.95. The van der Waals surface area contributed by atoms with Gasteiger partial charge in [-0.1, -0.05) is 42.5 Å². The van der Waals surface area contributed by atoms with Crippen molar-refractivity contribution in [1.29, 1.82) is 0 Å². The van der Waals surface area contributed by atoms with Crippen LogP contribution in [0.4, 0.5) is 0 Å². The summed E-state index contributed by atoms with van der Waals surface area (Å²) in [5.74, 6) is 0.360. The van der Waals surface area contributed by atoms with Crippen LogP contribution in [0.25, 0.3) is 6.08 Å².